The molecule has 2 N–H and O–H groups in total. The van der Waals surface area contributed by atoms with Crippen LogP contribution >= 0.6 is 21.6 Å². The zero-order valence-electron chi connectivity index (χ0n) is 15.9. The Labute approximate surface area is 177 Å². The van der Waals surface area contributed by atoms with Gasteiger partial charge in [-0.25, -0.2) is 4.98 Å². The smallest absolute Gasteiger partial charge is 0.310 e. The van der Waals surface area contributed by atoms with Crippen LogP contribution in [0, 0.1) is 11.3 Å². The van der Waals surface area contributed by atoms with Gasteiger partial charge in [0.15, 0.2) is 0 Å². The molecule has 3 rings (SSSR count). The molecule has 0 radical (unpaired) electrons. The third-order valence-electron chi connectivity index (χ3n) is 4.37. The number of aromatic nitrogens is 1. The van der Waals surface area contributed by atoms with E-state index in [4.69, 9.17) is 0 Å². The zero-order chi connectivity index (χ0) is 23.1. The number of hydrogen-bond donors (Lipinski definition) is 2. The molecule has 1 amide bonds. The molecule has 2 aromatic carbocycles. The summed E-state index contributed by atoms with van der Waals surface area (Å²) in [4.78, 5) is 13.8. The number of nitrogens with one attached hydrogen (secondary N) is 2. The van der Waals surface area contributed by atoms with Gasteiger partial charge < -0.3 is 10.6 Å². The highest BCUT2D eigenvalue weighted by Crippen LogP contribution is 3.02. The van der Waals surface area contributed by atoms with Crippen molar-refractivity contribution in [3.05, 3.63) is 53.6 Å². The highest BCUT2D eigenvalue weighted by Gasteiger charge is 2.65. The Bertz CT molecular complexity index is 1250. The van der Waals surface area contributed by atoms with Crippen molar-refractivity contribution in [2.24, 2.45) is 0 Å². The molecule has 0 aliphatic heterocycles. The SMILES string of the molecule is C=C(CNc1cc(-c2ccc(S(F)(F)(F)(F)F)cc2)c2ncsc2c1C#N)C(=O)NC. The maximum Gasteiger partial charge on any atom is 0.310 e. The first kappa shape index (κ1) is 22.5. The molecule has 0 saturated heterocycles. The summed E-state index contributed by atoms with van der Waals surface area (Å²) in [5.74, 6) is -0.406. The summed E-state index contributed by atoms with van der Waals surface area (Å²) in [6.45, 7) is 3.63. The van der Waals surface area contributed by atoms with Gasteiger partial charge in [0.05, 0.1) is 27.0 Å². The second-order valence-corrected chi connectivity index (χ2v) is 9.78. The summed E-state index contributed by atoms with van der Waals surface area (Å²) < 4.78 is 65.6. The van der Waals surface area contributed by atoms with Gasteiger partial charge in [-0.2, -0.15) is 5.26 Å². The van der Waals surface area contributed by atoms with E-state index in [1.807, 2.05) is 6.07 Å². The van der Waals surface area contributed by atoms with Gasteiger partial charge >= 0.3 is 10.2 Å². The molecular formula is C19H15F5N4OS2. The number of nitriles is 1. The second-order valence-electron chi connectivity index (χ2n) is 6.52. The number of hydrogen-bond acceptors (Lipinski definition) is 5. The van der Waals surface area contributed by atoms with Crippen molar-refractivity contribution in [3.8, 4) is 17.2 Å². The van der Waals surface area contributed by atoms with Crippen LogP contribution in [0.25, 0.3) is 21.3 Å². The maximum atomic E-state index is 13.0. The van der Waals surface area contributed by atoms with Gasteiger partial charge in [0.1, 0.15) is 11.0 Å². The Kier molecular flexibility index (Phi) is 5.03. The molecule has 0 fully saturated rings. The molecule has 1 heterocycles. The molecule has 0 aliphatic carbocycles. The average molecular weight is 474 g/mol. The van der Waals surface area contributed by atoms with E-state index in [0.717, 1.165) is 23.5 Å². The van der Waals surface area contributed by atoms with Crippen molar-refractivity contribution in [3.63, 3.8) is 0 Å². The van der Waals surface area contributed by atoms with Crippen LogP contribution in [0.5, 0.6) is 0 Å². The van der Waals surface area contributed by atoms with Gasteiger partial charge in [0.25, 0.3) is 0 Å². The largest absolute Gasteiger partial charge is 0.380 e. The quantitative estimate of drug-likeness (QED) is 0.329. The molecule has 5 nitrogen and oxygen atoms in total. The number of rotatable bonds is 6. The molecule has 31 heavy (non-hydrogen) atoms. The van der Waals surface area contributed by atoms with Gasteiger partial charge in [0, 0.05) is 24.7 Å². The minimum atomic E-state index is -9.79. The summed E-state index contributed by atoms with van der Waals surface area (Å²) in [6.07, 6.45) is 0. The Morgan fingerprint density at radius 1 is 1.23 bits per heavy atom. The Balaban J connectivity index is 2.09. The molecule has 0 unspecified atom stereocenters. The third kappa shape index (κ3) is 4.62. The Morgan fingerprint density at radius 2 is 1.87 bits per heavy atom. The van der Waals surface area contributed by atoms with Crippen molar-refractivity contribution in [2.45, 2.75) is 4.90 Å². The van der Waals surface area contributed by atoms with Gasteiger partial charge in [-0.3, -0.25) is 4.79 Å². The number of amides is 1. The lowest BCUT2D eigenvalue weighted by Crippen LogP contribution is -2.23. The number of thiazole rings is 1. The Morgan fingerprint density at radius 3 is 2.42 bits per heavy atom. The average Bonchev–Trinajstić information content (AvgIpc) is 3.18. The minimum Gasteiger partial charge on any atom is -0.380 e. The van der Waals surface area contributed by atoms with Crippen LogP contribution in [-0.4, -0.2) is 24.5 Å². The van der Waals surface area contributed by atoms with Crippen LogP contribution in [0.1, 0.15) is 5.56 Å². The summed E-state index contributed by atoms with van der Waals surface area (Å²) >= 11 is 1.14. The summed E-state index contributed by atoms with van der Waals surface area (Å²) in [6, 6.07) is 6.04. The molecule has 0 aliphatic rings. The fourth-order valence-corrected chi connectivity index (χ4v) is 4.31. The van der Waals surface area contributed by atoms with Crippen LogP contribution in [0.4, 0.5) is 25.1 Å². The number of carbonyl (C=O) groups excluding carboxylic acids is 1. The lowest BCUT2D eigenvalue weighted by molar-refractivity contribution is -0.117. The first-order valence-corrected chi connectivity index (χ1v) is 11.4. The highest BCUT2D eigenvalue weighted by atomic mass is 32.5. The molecular weight excluding hydrogens is 459 g/mol. The summed E-state index contributed by atoms with van der Waals surface area (Å²) in [7, 11) is -8.36. The normalized spacial score (nSPS) is 13.7. The monoisotopic (exact) mass is 474 g/mol. The predicted molar refractivity (Wildman–Crippen MR) is 113 cm³/mol. The number of halogens is 5. The molecule has 12 heteroatoms. The Hall–Kier alpha value is -3.17. The summed E-state index contributed by atoms with van der Waals surface area (Å²) in [5, 5.41) is 14.9. The van der Waals surface area contributed by atoms with Crippen LogP contribution < -0.4 is 10.6 Å². The number of anilines is 1. The molecule has 1 aromatic heterocycles. The fraction of sp³-hybridized carbons (Fsp3) is 0.105. The van der Waals surface area contributed by atoms with Crippen LogP contribution in [0.3, 0.4) is 0 Å². The lowest BCUT2D eigenvalue weighted by Gasteiger charge is -2.40. The summed E-state index contributed by atoms with van der Waals surface area (Å²) in [5.41, 5.74) is 3.09. The number of fused-ring (bicyclic) bond motifs is 1. The van der Waals surface area contributed by atoms with Crippen LogP contribution in [0.2, 0.25) is 0 Å². The van der Waals surface area contributed by atoms with Crippen molar-refractivity contribution in [1.82, 2.24) is 10.3 Å². The lowest BCUT2D eigenvalue weighted by atomic mass is 10.0. The first-order valence-electron chi connectivity index (χ1n) is 8.53. The van der Waals surface area contributed by atoms with E-state index in [1.165, 1.54) is 18.6 Å². The maximum absolute atomic E-state index is 13.0. The van der Waals surface area contributed by atoms with E-state index in [1.54, 1.807) is 0 Å². The molecule has 0 bridgehead atoms. The van der Waals surface area contributed by atoms with Gasteiger partial charge in [-0.05, 0) is 23.8 Å². The van der Waals surface area contributed by atoms with Gasteiger partial charge in [-0.1, -0.05) is 38.1 Å². The predicted octanol–water partition coefficient (Wildman–Crippen LogP) is 6.21. The standard InChI is InChI=1S/C19H15F5N4OS2/c1-11(19(29)26-2)9-27-16-7-14(17-18(15(16)8-25)30-10-28-17)12-3-5-13(6-4-12)31(20,21,22,23)24/h3-7,10,27H,1,9H2,2H3,(H,26,29). The second kappa shape index (κ2) is 6.93. The number of carbonyl (C=O) groups is 1. The van der Waals surface area contributed by atoms with E-state index in [-0.39, 0.29) is 23.2 Å². The zero-order valence-corrected chi connectivity index (χ0v) is 17.5. The van der Waals surface area contributed by atoms with Crippen molar-refractivity contribution < 1.29 is 24.2 Å². The van der Waals surface area contributed by atoms with Gasteiger partial charge in [0.2, 0.25) is 5.91 Å². The molecule has 0 atom stereocenters. The van der Waals surface area contributed by atoms with Crippen LogP contribution in [-0.2, 0) is 4.79 Å². The molecule has 164 valence electrons. The van der Waals surface area contributed by atoms with E-state index in [2.05, 4.69) is 22.2 Å². The number of nitrogens with zero attached hydrogens (tertiary/aromatic N) is 2. The fourth-order valence-electron chi connectivity index (χ4n) is 2.84. The third-order valence-corrected chi connectivity index (χ3v) is 6.38. The van der Waals surface area contributed by atoms with E-state index in [9.17, 15) is 29.5 Å². The van der Waals surface area contributed by atoms with Gasteiger partial charge in [-0.15, -0.1) is 11.3 Å². The van der Waals surface area contributed by atoms with Crippen molar-refractivity contribution in [1.29, 1.82) is 5.26 Å². The van der Waals surface area contributed by atoms with E-state index in [0.29, 0.717) is 33.6 Å². The molecule has 0 saturated carbocycles. The number of likely N-dealkylation sites (N-methyl/N-ethyl adjacent to an activating group) is 1. The van der Waals surface area contributed by atoms with Crippen molar-refractivity contribution >= 4 is 43.4 Å². The minimum absolute atomic E-state index is 0.00125. The highest BCUT2D eigenvalue weighted by molar-refractivity contribution is 8.45. The molecule has 3 aromatic rings. The molecule has 0 spiro atoms. The van der Waals surface area contributed by atoms with Crippen molar-refractivity contribution in [2.75, 3.05) is 18.9 Å². The van der Waals surface area contributed by atoms with E-state index >= 15 is 0 Å². The topological polar surface area (TPSA) is 77.8 Å². The van der Waals surface area contributed by atoms with Crippen LogP contribution in [0.15, 0.2) is 52.9 Å². The first-order chi connectivity index (χ1) is 14.2. The number of benzene rings is 2. The van der Waals surface area contributed by atoms with E-state index < -0.39 is 21.0 Å².